The van der Waals surface area contributed by atoms with Crippen LogP contribution in [-0.4, -0.2) is 29.3 Å². The molecular weight excluding hydrogens is 204 g/mol. The van der Waals surface area contributed by atoms with Gasteiger partial charge in [-0.25, -0.2) is 9.97 Å². The molecule has 1 atom stereocenters. The van der Waals surface area contributed by atoms with Gasteiger partial charge in [0.2, 0.25) is 5.88 Å². The standard InChI is InChI=1S/C9H11ClN2O2/c10-3-7-4-11-6-12-9(7)14-8-1-2-13-5-8/h4,6,8H,1-3,5H2. The molecule has 2 heterocycles. The molecule has 0 spiro atoms. The van der Waals surface area contributed by atoms with E-state index in [4.69, 9.17) is 21.1 Å². The summed E-state index contributed by atoms with van der Waals surface area (Å²) < 4.78 is 10.8. The van der Waals surface area contributed by atoms with E-state index in [2.05, 4.69) is 9.97 Å². The third-order valence-electron chi connectivity index (χ3n) is 2.06. The highest BCUT2D eigenvalue weighted by molar-refractivity contribution is 6.17. The largest absolute Gasteiger partial charge is 0.471 e. The Morgan fingerprint density at radius 3 is 3.29 bits per heavy atom. The summed E-state index contributed by atoms with van der Waals surface area (Å²) in [5, 5.41) is 0. The van der Waals surface area contributed by atoms with Crippen molar-refractivity contribution in [2.75, 3.05) is 13.2 Å². The Hall–Kier alpha value is -0.870. The highest BCUT2D eigenvalue weighted by atomic mass is 35.5. The third kappa shape index (κ3) is 2.13. The van der Waals surface area contributed by atoms with Gasteiger partial charge in [0.05, 0.1) is 19.1 Å². The van der Waals surface area contributed by atoms with Crippen LogP contribution in [0.1, 0.15) is 12.0 Å². The molecule has 0 saturated carbocycles. The molecule has 0 aromatic carbocycles. The van der Waals surface area contributed by atoms with Crippen molar-refractivity contribution in [1.82, 2.24) is 9.97 Å². The fourth-order valence-electron chi connectivity index (χ4n) is 1.31. The van der Waals surface area contributed by atoms with Gasteiger partial charge in [0.25, 0.3) is 0 Å². The van der Waals surface area contributed by atoms with Gasteiger partial charge in [-0.1, -0.05) is 0 Å². The number of halogens is 1. The normalized spacial score (nSPS) is 21.1. The van der Waals surface area contributed by atoms with Crippen molar-refractivity contribution < 1.29 is 9.47 Å². The first kappa shape index (κ1) is 9.68. The molecule has 0 N–H and O–H groups in total. The number of aromatic nitrogens is 2. The van der Waals surface area contributed by atoms with Gasteiger partial charge in [0, 0.05) is 18.2 Å². The van der Waals surface area contributed by atoms with E-state index in [0.29, 0.717) is 18.4 Å². The molecule has 76 valence electrons. The zero-order chi connectivity index (χ0) is 9.80. The molecule has 1 saturated heterocycles. The van der Waals surface area contributed by atoms with E-state index in [9.17, 15) is 0 Å². The second-order valence-electron chi connectivity index (χ2n) is 3.09. The Labute approximate surface area is 87.2 Å². The summed E-state index contributed by atoms with van der Waals surface area (Å²) in [7, 11) is 0. The molecule has 1 aromatic rings. The second kappa shape index (κ2) is 4.57. The zero-order valence-electron chi connectivity index (χ0n) is 7.65. The predicted molar refractivity (Wildman–Crippen MR) is 51.4 cm³/mol. The number of hydrogen-bond donors (Lipinski definition) is 0. The number of hydrogen-bond acceptors (Lipinski definition) is 4. The van der Waals surface area contributed by atoms with Crippen LogP contribution in [0.4, 0.5) is 0 Å². The molecule has 0 bridgehead atoms. The molecule has 0 radical (unpaired) electrons. The van der Waals surface area contributed by atoms with Crippen molar-refractivity contribution in [3.05, 3.63) is 18.1 Å². The average molecular weight is 215 g/mol. The molecule has 4 nitrogen and oxygen atoms in total. The van der Waals surface area contributed by atoms with Crippen LogP contribution in [0.3, 0.4) is 0 Å². The van der Waals surface area contributed by atoms with E-state index in [1.54, 1.807) is 6.20 Å². The predicted octanol–water partition coefficient (Wildman–Crippen LogP) is 1.38. The lowest BCUT2D eigenvalue weighted by atomic mass is 10.3. The number of rotatable bonds is 3. The van der Waals surface area contributed by atoms with Crippen LogP contribution >= 0.6 is 11.6 Å². The Morgan fingerprint density at radius 1 is 1.64 bits per heavy atom. The van der Waals surface area contributed by atoms with E-state index < -0.39 is 0 Å². The minimum absolute atomic E-state index is 0.104. The molecule has 14 heavy (non-hydrogen) atoms. The first-order valence-corrected chi connectivity index (χ1v) is 5.03. The maximum absolute atomic E-state index is 5.73. The van der Waals surface area contributed by atoms with Crippen LogP contribution in [0.25, 0.3) is 0 Å². The van der Waals surface area contributed by atoms with Crippen molar-refractivity contribution >= 4 is 11.6 Å². The highest BCUT2D eigenvalue weighted by Gasteiger charge is 2.18. The summed E-state index contributed by atoms with van der Waals surface area (Å²) in [6.07, 6.45) is 4.14. The van der Waals surface area contributed by atoms with Crippen LogP contribution in [-0.2, 0) is 10.6 Å². The Bertz CT molecular complexity index is 303. The maximum Gasteiger partial charge on any atom is 0.221 e. The van der Waals surface area contributed by atoms with Crippen LogP contribution in [0.5, 0.6) is 5.88 Å². The van der Waals surface area contributed by atoms with Crippen molar-refractivity contribution in [2.24, 2.45) is 0 Å². The van der Waals surface area contributed by atoms with Crippen molar-refractivity contribution in [2.45, 2.75) is 18.4 Å². The highest BCUT2D eigenvalue weighted by Crippen LogP contribution is 2.19. The molecule has 0 aliphatic carbocycles. The maximum atomic E-state index is 5.73. The quantitative estimate of drug-likeness (QED) is 0.714. The fourth-order valence-corrected chi connectivity index (χ4v) is 1.49. The van der Waals surface area contributed by atoms with Crippen LogP contribution < -0.4 is 4.74 Å². The number of nitrogens with zero attached hydrogens (tertiary/aromatic N) is 2. The topological polar surface area (TPSA) is 44.2 Å². The van der Waals surface area contributed by atoms with Crippen molar-refractivity contribution in [3.63, 3.8) is 0 Å². The van der Waals surface area contributed by atoms with Gasteiger partial charge in [-0.15, -0.1) is 11.6 Å². The van der Waals surface area contributed by atoms with Crippen LogP contribution in [0.15, 0.2) is 12.5 Å². The van der Waals surface area contributed by atoms with E-state index in [1.165, 1.54) is 6.33 Å². The summed E-state index contributed by atoms with van der Waals surface area (Å²) in [6.45, 7) is 1.39. The van der Waals surface area contributed by atoms with Gasteiger partial charge in [0.15, 0.2) is 0 Å². The van der Waals surface area contributed by atoms with Gasteiger partial charge in [-0.05, 0) is 0 Å². The molecule has 1 unspecified atom stereocenters. The lowest BCUT2D eigenvalue weighted by Gasteiger charge is -2.12. The molecule has 1 fully saturated rings. The molecule has 0 amide bonds. The summed E-state index contributed by atoms with van der Waals surface area (Å²) in [5.74, 6) is 0.939. The Morgan fingerprint density at radius 2 is 2.57 bits per heavy atom. The molecule has 1 aromatic heterocycles. The summed E-state index contributed by atoms with van der Waals surface area (Å²) >= 11 is 5.73. The minimum atomic E-state index is 0.104. The van der Waals surface area contributed by atoms with Gasteiger partial charge < -0.3 is 9.47 Å². The lowest BCUT2D eigenvalue weighted by Crippen LogP contribution is -2.17. The minimum Gasteiger partial charge on any atom is -0.471 e. The van der Waals surface area contributed by atoms with Gasteiger partial charge in [0.1, 0.15) is 12.4 Å². The summed E-state index contributed by atoms with van der Waals surface area (Å²) in [4.78, 5) is 7.92. The first-order valence-electron chi connectivity index (χ1n) is 4.49. The molecular formula is C9H11ClN2O2. The molecule has 2 rings (SSSR count). The Balaban J connectivity index is 2.07. The molecule has 1 aliphatic rings. The van der Waals surface area contributed by atoms with Crippen molar-refractivity contribution in [1.29, 1.82) is 0 Å². The van der Waals surface area contributed by atoms with Crippen LogP contribution in [0.2, 0.25) is 0 Å². The van der Waals surface area contributed by atoms with E-state index in [0.717, 1.165) is 18.6 Å². The monoisotopic (exact) mass is 214 g/mol. The Kier molecular flexibility index (Phi) is 3.16. The van der Waals surface area contributed by atoms with E-state index in [1.807, 2.05) is 0 Å². The third-order valence-corrected chi connectivity index (χ3v) is 2.34. The SMILES string of the molecule is ClCc1cncnc1OC1CCOC1. The lowest BCUT2D eigenvalue weighted by molar-refractivity contribution is 0.137. The second-order valence-corrected chi connectivity index (χ2v) is 3.36. The van der Waals surface area contributed by atoms with Gasteiger partial charge >= 0.3 is 0 Å². The van der Waals surface area contributed by atoms with E-state index >= 15 is 0 Å². The van der Waals surface area contributed by atoms with Gasteiger partial charge in [-0.3, -0.25) is 0 Å². The smallest absolute Gasteiger partial charge is 0.221 e. The van der Waals surface area contributed by atoms with Gasteiger partial charge in [-0.2, -0.15) is 0 Å². The number of ether oxygens (including phenoxy) is 2. The summed E-state index contributed by atoms with van der Waals surface area (Å²) in [5.41, 5.74) is 0.820. The van der Waals surface area contributed by atoms with E-state index in [-0.39, 0.29) is 6.10 Å². The fraction of sp³-hybridized carbons (Fsp3) is 0.556. The van der Waals surface area contributed by atoms with Crippen molar-refractivity contribution in [3.8, 4) is 5.88 Å². The molecule has 5 heteroatoms. The number of alkyl halides is 1. The zero-order valence-corrected chi connectivity index (χ0v) is 8.41. The average Bonchev–Trinajstić information content (AvgIpc) is 2.71. The molecule has 1 aliphatic heterocycles. The first-order chi connectivity index (χ1) is 6.90. The van der Waals surface area contributed by atoms with Crippen LogP contribution in [0, 0.1) is 0 Å². The summed E-state index contributed by atoms with van der Waals surface area (Å²) in [6, 6.07) is 0.